The van der Waals surface area contributed by atoms with Crippen LogP contribution in [0.25, 0.3) is 11.3 Å². The molecule has 0 amide bonds. The van der Waals surface area contributed by atoms with Gasteiger partial charge in [-0.1, -0.05) is 5.16 Å². The maximum absolute atomic E-state index is 10.7. The Bertz CT molecular complexity index is 565. The molecule has 2 aromatic rings. The van der Waals surface area contributed by atoms with Gasteiger partial charge >= 0.3 is 0 Å². The van der Waals surface area contributed by atoms with Crippen molar-refractivity contribution in [1.82, 2.24) is 5.16 Å². The fourth-order valence-corrected chi connectivity index (χ4v) is 1.40. The number of hydrogen-bond donors (Lipinski definition) is 3. The van der Waals surface area contributed by atoms with Gasteiger partial charge in [0.2, 0.25) is 0 Å². The van der Waals surface area contributed by atoms with E-state index in [2.05, 4.69) is 9.68 Å². The van der Waals surface area contributed by atoms with Gasteiger partial charge in [-0.05, 0) is 12.1 Å². The SMILES string of the molecule is O=[N+]([O-])c1ccc(-c2noc(NO)c2N[O-])cc1. The summed E-state index contributed by atoms with van der Waals surface area (Å²) in [5, 5.41) is 33.5. The average molecular weight is 251 g/mol. The summed E-state index contributed by atoms with van der Waals surface area (Å²) >= 11 is 0. The van der Waals surface area contributed by atoms with Crippen molar-refractivity contribution in [2.75, 3.05) is 11.0 Å². The molecule has 0 aliphatic rings. The molecule has 0 spiro atoms. The van der Waals surface area contributed by atoms with Gasteiger partial charge in [0.15, 0.2) is 0 Å². The minimum Gasteiger partial charge on any atom is -0.761 e. The first-order chi connectivity index (χ1) is 8.67. The van der Waals surface area contributed by atoms with Crippen molar-refractivity contribution in [3.05, 3.63) is 39.6 Å². The zero-order chi connectivity index (χ0) is 13.1. The van der Waals surface area contributed by atoms with Gasteiger partial charge in [-0.25, -0.2) is 5.48 Å². The van der Waals surface area contributed by atoms with Gasteiger partial charge in [-0.15, -0.1) is 0 Å². The number of aromatic nitrogens is 1. The van der Waals surface area contributed by atoms with Crippen molar-refractivity contribution in [3.63, 3.8) is 0 Å². The Morgan fingerprint density at radius 2 is 2.00 bits per heavy atom. The normalized spacial score (nSPS) is 10.1. The second kappa shape index (κ2) is 4.69. The number of nitro groups is 1. The first-order valence-electron chi connectivity index (χ1n) is 4.70. The molecule has 18 heavy (non-hydrogen) atoms. The molecule has 0 saturated carbocycles. The number of benzene rings is 1. The largest absolute Gasteiger partial charge is 0.761 e. The Kier molecular flexibility index (Phi) is 3.08. The van der Waals surface area contributed by atoms with E-state index < -0.39 is 4.92 Å². The second-order valence-corrected chi connectivity index (χ2v) is 3.25. The summed E-state index contributed by atoms with van der Waals surface area (Å²) in [4.78, 5) is 9.95. The molecular formula is C9H7N4O5-. The van der Waals surface area contributed by atoms with Gasteiger partial charge in [0, 0.05) is 17.7 Å². The lowest BCUT2D eigenvalue weighted by Crippen LogP contribution is -1.93. The van der Waals surface area contributed by atoms with Gasteiger partial charge in [0.25, 0.3) is 11.6 Å². The maximum atomic E-state index is 10.7. The van der Waals surface area contributed by atoms with Gasteiger partial charge in [0.05, 0.1) is 4.92 Å². The number of anilines is 2. The molecule has 0 fully saturated rings. The van der Waals surface area contributed by atoms with Crippen LogP contribution in [0.1, 0.15) is 0 Å². The number of nitrogens with one attached hydrogen (secondary N) is 2. The Hall–Kier alpha value is -2.65. The van der Waals surface area contributed by atoms with Crippen LogP contribution in [0, 0.1) is 15.3 Å². The standard InChI is InChI=1S/C9H7N4O5/c14-10-8-7(12-18-9(8)11-15)5-1-3-6(4-2-5)13(16)17/h1-4,10-11,15H/q-1. The first-order valence-corrected chi connectivity index (χ1v) is 4.70. The monoisotopic (exact) mass is 251 g/mol. The van der Waals surface area contributed by atoms with Gasteiger partial charge in [0.1, 0.15) is 11.4 Å². The fraction of sp³-hybridized carbons (Fsp3) is 0. The highest BCUT2D eigenvalue weighted by atomic mass is 16.6. The van der Waals surface area contributed by atoms with Crippen LogP contribution >= 0.6 is 0 Å². The predicted molar refractivity (Wildman–Crippen MR) is 61.0 cm³/mol. The van der Waals surface area contributed by atoms with Crippen molar-refractivity contribution in [3.8, 4) is 11.3 Å². The highest BCUT2D eigenvalue weighted by molar-refractivity contribution is 5.81. The van der Waals surface area contributed by atoms with Crippen LogP contribution in [0.4, 0.5) is 17.3 Å². The molecule has 0 saturated heterocycles. The van der Waals surface area contributed by atoms with Gasteiger partial charge in [-0.2, -0.15) is 0 Å². The van der Waals surface area contributed by atoms with Gasteiger partial charge in [-0.3, -0.25) is 15.3 Å². The molecule has 1 heterocycles. The average Bonchev–Trinajstić information content (AvgIpc) is 2.81. The van der Waals surface area contributed by atoms with E-state index in [0.29, 0.717) is 5.56 Å². The number of rotatable bonds is 4. The fourth-order valence-electron chi connectivity index (χ4n) is 1.40. The minimum absolute atomic E-state index is 0.0839. The van der Waals surface area contributed by atoms with E-state index in [0.717, 1.165) is 0 Å². The molecule has 94 valence electrons. The quantitative estimate of drug-likeness (QED) is 0.553. The number of non-ortho nitro benzene ring substituents is 1. The highest BCUT2D eigenvalue weighted by Crippen LogP contribution is 2.34. The molecule has 0 aliphatic heterocycles. The molecule has 0 bridgehead atoms. The Morgan fingerprint density at radius 3 is 2.50 bits per heavy atom. The van der Waals surface area contributed by atoms with Crippen LogP contribution in [-0.4, -0.2) is 15.3 Å². The smallest absolute Gasteiger partial charge is 0.271 e. The van der Waals surface area contributed by atoms with Crippen LogP contribution in [0.15, 0.2) is 28.8 Å². The minimum atomic E-state index is -0.542. The van der Waals surface area contributed by atoms with Crippen LogP contribution in [0.3, 0.4) is 0 Å². The lowest BCUT2D eigenvalue weighted by Gasteiger charge is -2.09. The van der Waals surface area contributed by atoms with Crippen LogP contribution in [0.2, 0.25) is 0 Å². The molecule has 2 rings (SSSR count). The summed E-state index contributed by atoms with van der Waals surface area (Å²) in [7, 11) is 0. The molecule has 0 aliphatic carbocycles. The number of hydrogen-bond acceptors (Lipinski definition) is 8. The van der Waals surface area contributed by atoms with E-state index in [9.17, 15) is 15.3 Å². The lowest BCUT2D eigenvalue weighted by atomic mass is 10.1. The summed E-state index contributed by atoms with van der Waals surface area (Å²) in [5.74, 6) is -0.238. The van der Waals surface area contributed by atoms with E-state index in [1.54, 1.807) is 11.0 Å². The third-order valence-corrected chi connectivity index (χ3v) is 2.25. The zero-order valence-electron chi connectivity index (χ0n) is 8.78. The second-order valence-electron chi connectivity index (χ2n) is 3.25. The Balaban J connectivity index is 2.42. The predicted octanol–water partition coefficient (Wildman–Crippen LogP) is 1.96. The first kappa shape index (κ1) is 11.8. The Labute approximate surface area is 99.7 Å². The number of nitro benzene ring substituents is 1. The summed E-state index contributed by atoms with van der Waals surface area (Å²) in [6.45, 7) is 0. The number of nitrogens with zero attached hydrogens (tertiary/aromatic N) is 2. The highest BCUT2D eigenvalue weighted by Gasteiger charge is 2.15. The molecule has 3 N–H and O–H groups in total. The van der Waals surface area contributed by atoms with E-state index in [4.69, 9.17) is 5.21 Å². The van der Waals surface area contributed by atoms with E-state index >= 15 is 0 Å². The molecule has 1 aromatic carbocycles. The molecule has 0 radical (unpaired) electrons. The summed E-state index contributed by atoms with van der Waals surface area (Å²) < 4.78 is 4.66. The molecular weight excluding hydrogens is 244 g/mol. The Morgan fingerprint density at radius 1 is 1.33 bits per heavy atom. The summed E-state index contributed by atoms with van der Waals surface area (Å²) in [6.07, 6.45) is 0. The molecule has 0 unspecified atom stereocenters. The molecule has 1 aromatic heterocycles. The maximum Gasteiger partial charge on any atom is 0.271 e. The van der Waals surface area contributed by atoms with E-state index in [-0.39, 0.29) is 23.0 Å². The van der Waals surface area contributed by atoms with Crippen molar-refractivity contribution in [2.45, 2.75) is 0 Å². The van der Waals surface area contributed by atoms with Crippen molar-refractivity contribution in [1.29, 1.82) is 0 Å². The van der Waals surface area contributed by atoms with Crippen molar-refractivity contribution < 1.29 is 14.7 Å². The topological polar surface area (TPSA) is 137 Å². The summed E-state index contributed by atoms with van der Waals surface area (Å²) in [6, 6.07) is 5.37. The zero-order valence-corrected chi connectivity index (χ0v) is 8.78. The van der Waals surface area contributed by atoms with Crippen LogP contribution < -0.4 is 11.0 Å². The van der Waals surface area contributed by atoms with E-state index in [1.807, 2.05) is 0 Å². The van der Waals surface area contributed by atoms with Crippen molar-refractivity contribution >= 4 is 17.3 Å². The van der Waals surface area contributed by atoms with E-state index in [1.165, 1.54) is 24.3 Å². The van der Waals surface area contributed by atoms with Gasteiger partial charge < -0.3 is 15.2 Å². The van der Waals surface area contributed by atoms with Crippen molar-refractivity contribution in [2.24, 2.45) is 0 Å². The third-order valence-electron chi connectivity index (χ3n) is 2.25. The summed E-state index contributed by atoms with van der Waals surface area (Å²) in [5.41, 5.74) is 3.63. The lowest BCUT2D eigenvalue weighted by molar-refractivity contribution is -0.384. The third kappa shape index (κ3) is 1.95. The van der Waals surface area contributed by atoms with Crippen LogP contribution in [-0.2, 0) is 0 Å². The molecule has 9 nitrogen and oxygen atoms in total. The van der Waals surface area contributed by atoms with Crippen LogP contribution in [0.5, 0.6) is 0 Å². The molecule has 9 heteroatoms. The molecule has 0 atom stereocenters.